The predicted molar refractivity (Wildman–Crippen MR) is 100 cm³/mol. The highest BCUT2D eigenvalue weighted by Gasteiger charge is 2.40. The Kier molecular flexibility index (Phi) is 4.53. The van der Waals surface area contributed by atoms with Crippen LogP contribution in [0.5, 0.6) is 0 Å². The fraction of sp³-hybridized carbons (Fsp3) is 0.278. The first-order chi connectivity index (χ1) is 12.9. The average Bonchev–Trinajstić information content (AvgIpc) is 3.28. The molecule has 142 valence electrons. The number of aromatic nitrogens is 1. The molecule has 1 aliphatic rings. The fourth-order valence-corrected chi connectivity index (χ4v) is 6.99. The van der Waals surface area contributed by atoms with Crippen molar-refractivity contribution in [3.63, 3.8) is 0 Å². The zero-order chi connectivity index (χ0) is 19.1. The summed E-state index contributed by atoms with van der Waals surface area (Å²) >= 11 is 0. The molecule has 9 heteroatoms. The highest BCUT2D eigenvalue weighted by atomic mass is 32.2. The molecule has 0 unspecified atom stereocenters. The predicted octanol–water partition coefficient (Wildman–Crippen LogP) is 2.21. The van der Waals surface area contributed by atoms with Gasteiger partial charge in [-0.05, 0) is 30.7 Å². The average molecular weight is 406 g/mol. The van der Waals surface area contributed by atoms with Crippen molar-refractivity contribution < 1.29 is 21.3 Å². The molecule has 1 aromatic carbocycles. The number of para-hydroxylation sites is 1. The van der Waals surface area contributed by atoms with Crippen molar-refractivity contribution in [2.24, 2.45) is 0 Å². The standard InChI is InChI=1S/C18H18N2O5S2/c21-26(22)11-8-15(13-26)20(12-16-6-3-10-25-16)27(23,24)17-7-1-4-14-5-2-9-19-18(14)17/h1-7,9-10,15H,8,11-13H2/t15-/m0/s1. The zero-order valence-electron chi connectivity index (χ0n) is 14.4. The Bertz CT molecular complexity index is 1170. The minimum atomic E-state index is -3.99. The summed E-state index contributed by atoms with van der Waals surface area (Å²) in [6.45, 7) is -0.0290. The van der Waals surface area contributed by atoms with Gasteiger partial charge in [0.15, 0.2) is 9.84 Å². The largest absolute Gasteiger partial charge is 0.468 e. The quantitative estimate of drug-likeness (QED) is 0.644. The van der Waals surface area contributed by atoms with E-state index in [1.165, 1.54) is 22.8 Å². The molecule has 27 heavy (non-hydrogen) atoms. The summed E-state index contributed by atoms with van der Waals surface area (Å²) < 4.78 is 57.5. The van der Waals surface area contributed by atoms with Crippen molar-refractivity contribution in [2.75, 3.05) is 11.5 Å². The number of hydrogen-bond donors (Lipinski definition) is 0. The number of nitrogens with zero attached hydrogens (tertiary/aromatic N) is 2. The number of furan rings is 1. The van der Waals surface area contributed by atoms with Crippen LogP contribution in [0, 0.1) is 0 Å². The van der Waals surface area contributed by atoms with Crippen LogP contribution in [0.4, 0.5) is 0 Å². The Balaban J connectivity index is 1.82. The van der Waals surface area contributed by atoms with Crippen molar-refractivity contribution in [1.29, 1.82) is 0 Å². The van der Waals surface area contributed by atoms with Gasteiger partial charge in [-0.2, -0.15) is 4.31 Å². The number of sulfonamides is 1. The van der Waals surface area contributed by atoms with Crippen molar-refractivity contribution in [1.82, 2.24) is 9.29 Å². The molecule has 0 N–H and O–H groups in total. The first kappa shape index (κ1) is 18.1. The molecule has 0 bridgehead atoms. The molecule has 1 saturated heterocycles. The third-order valence-electron chi connectivity index (χ3n) is 4.69. The maximum absolute atomic E-state index is 13.5. The first-order valence-corrected chi connectivity index (χ1v) is 11.7. The lowest BCUT2D eigenvalue weighted by Gasteiger charge is -2.27. The number of pyridine rings is 1. The van der Waals surface area contributed by atoms with Gasteiger partial charge in [0.05, 0.1) is 29.8 Å². The summed E-state index contributed by atoms with van der Waals surface area (Å²) in [5.41, 5.74) is 0.366. The molecule has 0 spiro atoms. The number of hydrogen-bond acceptors (Lipinski definition) is 6. The normalized spacial score (nSPS) is 19.7. The molecule has 7 nitrogen and oxygen atoms in total. The van der Waals surface area contributed by atoms with E-state index in [1.54, 1.807) is 36.4 Å². The highest BCUT2D eigenvalue weighted by Crippen LogP contribution is 2.30. The summed E-state index contributed by atoms with van der Waals surface area (Å²) in [5.74, 6) is 0.247. The van der Waals surface area contributed by atoms with Crippen LogP contribution in [0.1, 0.15) is 12.2 Å². The van der Waals surface area contributed by atoms with Crippen LogP contribution in [0.15, 0.2) is 64.2 Å². The van der Waals surface area contributed by atoms with E-state index in [0.29, 0.717) is 16.7 Å². The monoisotopic (exact) mass is 406 g/mol. The van der Waals surface area contributed by atoms with Crippen molar-refractivity contribution in [3.05, 3.63) is 60.7 Å². The Hall–Kier alpha value is -2.23. The van der Waals surface area contributed by atoms with E-state index < -0.39 is 25.9 Å². The van der Waals surface area contributed by atoms with Gasteiger partial charge in [0, 0.05) is 17.6 Å². The van der Waals surface area contributed by atoms with Gasteiger partial charge < -0.3 is 4.42 Å². The minimum Gasteiger partial charge on any atom is -0.468 e. The lowest BCUT2D eigenvalue weighted by atomic mass is 10.2. The molecular weight excluding hydrogens is 388 g/mol. The summed E-state index contributed by atoms with van der Waals surface area (Å²) in [6, 6.07) is 11.2. The van der Waals surface area contributed by atoms with Crippen molar-refractivity contribution in [3.8, 4) is 0 Å². The number of rotatable bonds is 5. The van der Waals surface area contributed by atoms with Gasteiger partial charge in [-0.15, -0.1) is 0 Å². The van der Waals surface area contributed by atoms with Crippen LogP contribution in [0.2, 0.25) is 0 Å². The van der Waals surface area contributed by atoms with E-state index in [4.69, 9.17) is 4.42 Å². The molecule has 4 rings (SSSR count). The van der Waals surface area contributed by atoms with E-state index in [2.05, 4.69) is 4.98 Å². The molecule has 0 aliphatic carbocycles. The molecule has 1 fully saturated rings. The Labute approximate surface area is 157 Å². The minimum absolute atomic E-state index is 0.0182. The first-order valence-electron chi connectivity index (χ1n) is 8.45. The SMILES string of the molecule is O=S1(=O)CC[C@H](N(Cc2ccco2)S(=O)(=O)c2cccc3cccnc23)C1. The second-order valence-corrected chi connectivity index (χ2v) is 10.6. The summed E-state index contributed by atoms with van der Waals surface area (Å²) in [4.78, 5) is 4.30. The topological polar surface area (TPSA) is 97.5 Å². The molecule has 1 aliphatic heterocycles. The Morgan fingerprint density at radius 3 is 2.67 bits per heavy atom. The van der Waals surface area contributed by atoms with Gasteiger partial charge in [0.1, 0.15) is 10.7 Å². The summed E-state index contributed by atoms with van der Waals surface area (Å²) in [7, 11) is -7.25. The van der Waals surface area contributed by atoms with Gasteiger partial charge >= 0.3 is 0 Å². The molecule has 0 radical (unpaired) electrons. The summed E-state index contributed by atoms with van der Waals surface area (Å²) in [6.07, 6.45) is 3.27. The van der Waals surface area contributed by atoms with E-state index in [0.717, 1.165) is 0 Å². The molecule has 3 aromatic rings. The zero-order valence-corrected chi connectivity index (χ0v) is 16.0. The Morgan fingerprint density at radius 2 is 1.96 bits per heavy atom. The van der Waals surface area contributed by atoms with E-state index in [-0.39, 0.29) is 29.4 Å². The molecule has 1 atom stereocenters. The van der Waals surface area contributed by atoms with Crippen LogP contribution in [0.25, 0.3) is 10.9 Å². The van der Waals surface area contributed by atoms with Gasteiger partial charge in [0.25, 0.3) is 0 Å². The third kappa shape index (κ3) is 3.50. The van der Waals surface area contributed by atoms with Gasteiger partial charge in [0.2, 0.25) is 10.0 Å². The third-order valence-corrected chi connectivity index (χ3v) is 8.37. The molecule has 0 saturated carbocycles. The Morgan fingerprint density at radius 1 is 1.15 bits per heavy atom. The maximum Gasteiger partial charge on any atom is 0.245 e. The molecule has 2 aromatic heterocycles. The lowest BCUT2D eigenvalue weighted by Crippen LogP contribution is -2.40. The number of benzene rings is 1. The maximum atomic E-state index is 13.5. The number of sulfone groups is 1. The van der Waals surface area contributed by atoms with E-state index >= 15 is 0 Å². The second-order valence-electron chi connectivity index (χ2n) is 6.52. The van der Waals surface area contributed by atoms with Gasteiger partial charge in [-0.1, -0.05) is 18.2 Å². The van der Waals surface area contributed by atoms with E-state index in [1.807, 2.05) is 0 Å². The van der Waals surface area contributed by atoms with Crippen LogP contribution < -0.4 is 0 Å². The lowest BCUT2D eigenvalue weighted by molar-refractivity contribution is 0.307. The van der Waals surface area contributed by atoms with Crippen molar-refractivity contribution in [2.45, 2.75) is 23.9 Å². The smallest absolute Gasteiger partial charge is 0.245 e. The highest BCUT2D eigenvalue weighted by molar-refractivity contribution is 7.92. The molecular formula is C18H18N2O5S2. The van der Waals surface area contributed by atoms with E-state index in [9.17, 15) is 16.8 Å². The van der Waals surface area contributed by atoms with Gasteiger partial charge in [-0.25, -0.2) is 16.8 Å². The van der Waals surface area contributed by atoms with Crippen LogP contribution in [-0.4, -0.2) is 43.7 Å². The van der Waals surface area contributed by atoms with Gasteiger partial charge in [-0.3, -0.25) is 4.98 Å². The van der Waals surface area contributed by atoms with Crippen LogP contribution in [0.3, 0.4) is 0 Å². The van der Waals surface area contributed by atoms with Crippen LogP contribution >= 0.6 is 0 Å². The fourth-order valence-electron chi connectivity index (χ4n) is 3.38. The molecule has 3 heterocycles. The second kappa shape index (κ2) is 6.74. The van der Waals surface area contributed by atoms with Crippen LogP contribution in [-0.2, 0) is 26.4 Å². The number of fused-ring (bicyclic) bond motifs is 1. The summed E-state index contributed by atoms with van der Waals surface area (Å²) in [5, 5.41) is 0.704. The molecule has 0 amide bonds. The van der Waals surface area contributed by atoms with Crippen molar-refractivity contribution >= 4 is 30.8 Å².